The van der Waals surface area contributed by atoms with Crippen molar-refractivity contribution < 1.29 is 4.39 Å². The molecule has 9 heteroatoms. The SMILES string of the molecule is CCNC(=NCc1ccn(-c2ccccc2)n1)NC1CCN(c2ncccc2F)C1.I. The number of hydrogen-bond donors (Lipinski definition) is 2. The first kappa shape index (κ1) is 23.0. The first-order valence-electron chi connectivity index (χ1n) is 10.2. The minimum Gasteiger partial charge on any atom is -0.357 e. The van der Waals surface area contributed by atoms with Crippen LogP contribution >= 0.6 is 24.0 Å². The summed E-state index contributed by atoms with van der Waals surface area (Å²) in [5, 5.41) is 11.3. The van der Waals surface area contributed by atoms with E-state index in [4.69, 9.17) is 0 Å². The number of rotatable bonds is 6. The van der Waals surface area contributed by atoms with E-state index in [1.165, 1.54) is 6.07 Å². The fourth-order valence-corrected chi connectivity index (χ4v) is 3.52. The first-order valence-corrected chi connectivity index (χ1v) is 10.2. The number of pyridine rings is 1. The molecule has 1 aliphatic rings. The highest BCUT2D eigenvalue weighted by atomic mass is 127. The normalized spacial score (nSPS) is 16.1. The van der Waals surface area contributed by atoms with E-state index in [0.717, 1.165) is 36.9 Å². The molecule has 1 atom stereocenters. The highest BCUT2D eigenvalue weighted by molar-refractivity contribution is 14.0. The van der Waals surface area contributed by atoms with Crippen LogP contribution in [0.25, 0.3) is 5.69 Å². The average Bonchev–Trinajstić information content (AvgIpc) is 3.43. The number of para-hydroxylation sites is 1. The van der Waals surface area contributed by atoms with Crippen molar-refractivity contribution in [2.45, 2.75) is 25.9 Å². The van der Waals surface area contributed by atoms with Gasteiger partial charge in [-0.3, -0.25) is 0 Å². The van der Waals surface area contributed by atoms with E-state index in [-0.39, 0.29) is 35.8 Å². The molecular weight excluding hydrogens is 508 g/mol. The Labute approximate surface area is 198 Å². The zero-order chi connectivity index (χ0) is 20.8. The van der Waals surface area contributed by atoms with Crippen LogP contribution in [0.3, 0.4) is 0 Å². The van der Waals surface area contributed by atoms with Gasteiger partial charge in [-0.05, 0) is 43.7 Å². The summed E-state index contributed by atoms with van der Waals surface area (Å²) in [4.78, 5) is 10.8. The van der Waals surface area contributed by atoms with Gasteiger partial charge in [0, 0.05) is 38.1 Å². The molecule has 1 aromatic carbocycles. The van der Waals surface area contributed by atoms with Crippen molar-refractivity contribution in [2.24, 2.45) is 4.99 Å². The summed E-state index contributed by atoms with van der Waals surface area (Å²) in [7, 11) is 0. The number of nitrogens with one attached hydrogen (secondary N) is 2. The van der Waals surface area contributed by atoms with Crippen LogP contribution in [0.4, 0.5) is 10.2 Å². The zero-order valence-corrected chi connectivity index (χ0v) is 19.7. The standard InChI is InChI=1S/C22H26FN7.HI/c1-2-24-22(26-15-17-11-14-30(28-17)19-7-4-3-5-8-19)27-18-10-13-29(16-18)21-20(23)9-6-12-25-21;/h3-9,11-12,14,18H,2,10,13,15-16H2,1H3,(H2,24,26,27);1H. The summed E-state index contributed by atoms with van der Waals surface area (Å²) in [6, 6.07) is 15.2. The van der Waals surface area contributed by atoms with Crippen LogP contribution in [0, 0.1) is 5.82 Å². The van der Waals surface area contributed by atoms with Gasteiger partial charge in [-0.15, -0.1) is 24.0 Å². The van der Waals surface area contributed by atoms with E-state index in [9.17, 15) is 4.39 Å². The maximum Gasteiger partial charge on any atom is 0.191 e. The lowest BCUT2D eigenvalue weighted by Crippen LogP contribution is -2.44. The number of guanidine groups is 1. The van der Waals surface area contributed by atoms with Crippen molar-refractivity contribution in [1.82, 2.24) is 25.4 Å². The minimum absolute atomic E-state index is 0. The second-order valence-electron chi connectivity index (χ2n) is 7.17. The summed E-state index contributed by atoms with van der Waals surface area (Å²) >= 11 is 0. The summed E-state index contributed by atoms with van der Waals surface area (Å²) in [6.07, 6.45) is 4.46. The molecule has 3 aromatic rings. The van der Waals surface area contributed by atoms with E-state index in [1.807, 2.05) is 59.1 Å². The number of nitrogens with zero attached hydrogens (tertiary/aromatic N) is 5. The summed E-state index contributed by atoms with van der Waals surface area (Å²) in [6.45, 7) is 4.70. The van der Waals surface area contributed by atoms with Crippen molar-refractivity contribution in [3.8, 4) is 5.69 Å². The topological polar surface area (TPSA) is 70.4 Å². The second kappa shape index (κ2) is 11.1. The molecule has 2 aromatic heterocycles. The zero-order valence-electron chi connectivity index (χ0n) is 17.4. The molecule has 4 rings (SSSR count). The molecule has 164 valence electrons. The number of anilines is 1. The summed E-state index contributed by atoms with van der Waals surface area (Å²) < 4.78 is 15.9. The maximum absolute atomic E-state index is 14.0. The van der Waals surface area contributed by atoms with Crippen LogP contribution in [0.2, 0.25) is 0 Å². The van der Waals surface area contributed by atoms with E-state index >= 15 is 0 Å². The van der Waals surface area contributed by atoms with Gasteiger partial charge in [-0.25, -0.2) is 19.0 Å². The Bertz CT molecular complexity index is 992. The minimum atomic E-state index is -0.285. The molecule has 0 amide bonds. The van der Waals surface area contributed by atoms with Crippen LogP contribution in [0.1, 0.15) is 19.0 Å². The lowest BCUT2D eigenvalue weighted by molar-refractivity contribution is 0.612. The number of aliphatic imine (C=N–C) groups is 1. The van der Waals surface area contributed by atoms with Crippen LogP contribution in [0.15, 0.2) is 65.9 Å². The lowest BCUT2D eigenvalue weighted by Gasteiger charge is -2.19. The molecule has 1 unspecified atom stereocenters. The molecule has 0 saturated carbocycles. The Morgan fingerprint density at radius 3 is 2.81 bits per heavy atom. The molecule has 0 radical (unpaired) electrons. The van der Waals surface area contributed by atoms with Crippen molar-refractivity contribution in [3.63, 3.8) is 0 Å². The Balaban J connectivity index is 0.00000272. The third kappa shape index (κ3) is 5.93. The van der Waals surface area contributed by atoms with Gasteiger partial charge >= 0.3 is 0 Å². The fourth-order valence-electron chi connectivity index (χ4n) is 3.52. The van der Waals surface area contributed by atoms with Gasteiger partial charge in [-0.1, -0.05) is 18.2 Å². The number of halogens is 2. The molecule has 1 saturated heterocycles. The second-order valence-corrected chi connectivity index (χ2v) is 7.17. The Hall–Kier alpha value is -2.69. The average molecular weight is 535 g/mol. The number of benzene rings is 1. The van der Waals surface area contributed by atoms with Crippen LogP contribution in [-0.4, -0.2) is 46.4 Å². The molecule has 31 heavy (non-hydrogen) atoms. The first-order chi connectivity index (χ1) is 14.7. The van der Waals surface area contributed by atoms with Gasteiger partial charge in [0.25, 0.3) is 0 Å². The maximum atomic E-state index is 14.0. The predicted octanol–water partition coefficient (Wildman–Crippen LogP) is 3.36. The number of hydrogen-bond acceptors (Lipinski definition) is 4. The molecule has 7 nitrogen and oxygen atoms in total. The third-order valence-electron chi connectivity index (χ3n) is 4.98. The van der Waals surface area contributed by atoms with Crippen molar-refractivity contribution >= 4 is 35.8 Å². The molecule has 2 N–H and O–H groups in total. The molecule has 3 heterocycles. The van der Waals surface area contributed by atoms with Gasteiger partial charge < -0.3 is 15.5 Å². The quantitative estimate of drug-likeness (QED) is 0.288. The van der Waals surface area contributed by atoms with Crippen molar-refractivity contribution in [1.29, 1.82) is 0 Å². The molecule has 1 aliphatic heterocycles. The highest BCUT2D eigenvalue weighted by Crippen LogP contribution is 2.20. The summed E-state index contributed by atoms with van der Waals surface area (Å²) in [5.41, 5.74) is 1.91. The molecule has 0 bridgehead atoms. The van der Waals surface area contributed by atoms with Gasteiger partial charge in [0.1, 0.15) is 0 Å². The van der Waals surface area contributed by atoms with Crippen LogP contribution in [0.5, 0.6) is 0 Å². The smallest absolute Gasteiger partial charge is 0.191 e. The van der Waals surface area contributed by atoms with Gasteiger partial charge in [0.2, 0.25) is 0 Å². The monoisotopic (exact) mass is 535 g/mol. The molecule has 0 spiro atoms. The Morgan fingerprint density at radius 2 is 2.03 bits per heavy atom. The van der Waals surface area contributed by atoms with E-state index in [2.05, 4.69) is 25.7 Å². The van der Waals surface area contributed by atoms with E-state index in [0.29, 0.717) is 18.9 Å². The van der Waals surface area contributed by atoms with E-state index in [1.54, 1.807) is 12.3 Å². The summed E-state index contributed by atoms with van der Waals surface area (Å²) in [5.74, 6) is 0.864. The Morgan fingerprint density at radius 1 is 1.19 bits per heavy atom. The number of aromatic nitrogens is 3. The Kier molecular flexibility index (Phi) is 8.21. The third-order valence-corrected chi connectivity index (χ3v) is 4.98. The molecular formula is C22H27FIN7. The van der Waals surface area contributed by atoms with Crippen LogP contribution < -0.4 is 15.5 Å². The van der Waals surface area contributed by atoms with Gasteiger partial charge in [0.15, 0.2) is 17.6 Å². The largest absolute Gasteiger partial charge is 0.357 e. The van der Waals surface area contributed by atoms with E-state index < -0.39 is 0 Å². The predicted molar refractivity (Wildman–Crippen MR) is 132 cm³/mol. The van der Waals surface area contributed by atoms with Crippen molar-refractivity contribution in [2.75, 3.05) is 24.5 Å². The lowest BCUT2D eigenvalue weighted by atomic mass is 10.3. The van der Waals surface area contributed by atoms with Crippen molar-refractivity contribution in [3.05, 3.63) is 72.4 Å². The van der Waals surface area contributed by atoms with Gasteiger partial charge in [-0.2, -0.15) is 5.10 Å². The fraction of sp³-hybridized carbons (Fsp3) is 0.318. The van der Waals surface area contributed by atoms with Crippen LogP contribution in [-0.2, 0) is 6.54 Å². The van der Waals surface area contributed by atoms with Gasteiger partial charge in [0.05, 0.1) is 17.9 Å². The molecule has 1 fully saturated rings. The molecule has 0 aliphatic carbocycles. The highest BCUT2D eigenvalue weighted by Gasteiger charge is 2.25.